The number of carbonyl (C=O) groups is 1. The molecule has 33 heavy (non-hydrogen) atoms. The largest absolute Gasteiger partial charge is 0.493 e. The number of rotatable bonds is 10. The Morgan fingerprint density at radius 2 is 1.76 bits per heavy atom. The van der Waals surface area contributed by atoms with Crippen molar-refractivity contribution in [2.24, 2.45) is 11.0 Å². The van der Waals surface area contributed by atoms with Gasteiger partial charge < -0.3 is 24.3 Å². The Labute approximate surface area is 195 Å². The zero-order valence-electron chi connectivity index (χ0n) is 20.0. The molecule has 0 saturated carbocycles. The summed E-state index contributed by atoms with van der Waals surface area (Å²) in [7, 11) is 4.76. The molecule has 2 aromatic carbocycles. The summed E-state index contributed by atoms with van der Waals surface area (Å²) in [5.41, 5.74) is 1.52. The van der Waals surface area contributed by atoms with Gasteiger partial charge >= 0.3 is 0 Å². The lowest BCUT2D eigenvalue weighted by Gasteiger charge is -2.21. The molecule has 1 heterocycles. The van der Waals surface area contributed by atoms with E-state index >= 15 is 0 Å². The number of carbonyl (C=O) groups excluding carboxylic acids is 1. The quantitative estimate of drug-likeness (QED) is 0.541. The highest BCUT2D eigenvalue weighted by Gasteiger charge is 2.30. The number of amides is 1. The molecule has 0 unspecified atom stereocenters. The summed E-state index contributed by atoms with van der Waals surface area (Å²) >= 11 is 0. The van der Waals surface area contributed by atoms with Gasteiger partial charge in [0.05, 0.1) is 34.2 Å². The number of methoxy groups -OCH3 is 3. The van der Waals surface area contributed by atoms with Crippen LogP contribution < -0.4 is 24.3 Å². The second kappa shape index (κ2) is 11.4. The van der Waals surface area contributed by atoms with Crippen LogP contribution in [0.15, 0.2) is 41.5 Å². The average molecular weight is 456 g/mol. The molecule has 1 N–H and O–H groups in total. The van der Waals surface area contributed by atoms with Crippen molar-refractivity contribution < 1.29 is 23.7 Å². The average Bonchev–Trinajstić information content (AvgIpc) is 3.30. The molecule has 1 fully saturated rings. The van der Waals surface area contributed by atoms with Crippen LogP contribution in [0.25, 0.3) is 0 Å². The normalized spacial score (nSPS) is 15.7. The summed E-state index contributed by atoms with van der Waals surface area (Å²) in [6.07, 6.45) is 3.39. The highest BCUT2D eigenvalue weighted by atomic mass is 16.5. The molecular formula is C25H33N3O5. The van der Waals surface area contributed by atoms with Crippen molar-refractivity contribution in [3.8, 4) is 23.0 Å². The maximum atomic E-state index is 12.9. The van der Waals surface area contributed by atoms with Gasteiger partial charge in [0, 0.05) is 18.3 Å². The van der Waals surface area contributed by atoms with Crippen molar-refractivity contribution in [1.29, 1.82) is 0 Å². The second-order valence-electron chi connectivity index (χ2n) is 8.24. The third-order valence-corrected chi connectivity index (χ3v) is 5.29. The molecule has 0 aromatic heterocycles. The van der Waals surface area contributed by atoms with Crippen LogP contribution in [0.4, 0.5) is 5.69 Å². The van der Waals surface area contributed by atoms with Crippen molar-refractivity contribution in [3.63, 3.8) is 0 Å². The lowest BCUT2D eigenvalue weighted by molar-refractivity contribution is -0.120. The lowest BCUT2D eigenvalue weighted by atomic mass is 10.2. The van der Waals surface area contributed by atoms with Crippen LogP contribution >= 0.6 is 0 Å². The van der Waals surface area contributed by atoms with Crippen molar-refractivity contribution in [2.45, 2.75) is 32.7 Å². The number of hydrogen-bond donors (Lipinski definition) is 1. The lowest BCUT2D eigenvalue weighted by Crippen LogP contribution is -2.36. The van der Waals surface area contributed by atoms with E-state index in [4.69, 9.17) is 18.9 Å². The molecule has 8 nitrogen and oxygen atoms in total. The second-order valence-corrected chi connectivity index (χ2v) is 8.24. The number of nitrogens with zero attached hydrogens (tertiary/aromatic N) is 2. The minimum Gasteiger partial charge on any atom is -0.493 e. The number of hydrazone groups is 1. The fourth-order valence-corrected chi connectivity index (χ4v) is 3.58. The molecule has 8 heteroatoms. The van der Waals surface area contributed by atoms with Gasteiger partial charge in [-0.05, 0) is 54.7 Å². The number of anilines is 1. The van der Waals surface area contributed by atoms with Gasteiger partial charge in [-0.15, -0.1) is 0 Å². The Bertz CT molecular complexity index is 977. The molecule has 2 aromatic rings. The van der Waals surface area contributed by atoms with E-state index in [0.29, 0.717) is 47.8 Å². The van der Waals surface area contributed by atoms with Gasteiger partial charge in [0.1, 0.15) is 6.04 Å². The maximum Gasteiger partial charge on any atom is 0.248 e. The summed E-state index contributed by atoms with van der Waals surface area (Å²) in [4.78, 5) is 12.9. The summed E-state index contributed by atoms with van der Waals surface area (Å²) < 4.78 is 21.9. The fraction of sp³-hybridized carbons (Fsp3) is 0.440. The Morgan fingerprint density at radius 3 is 2.45 bits per heavy atom. The van der Waals surface area contributed by atoms with E-state index < -0.39 is 0 Å². The molecular weight excluding hydrogens is 422 g/mol. The van der Waals surface area contributed by atoms with Gasteiger partial charge in [0.2, 0.25) is 5.91 Å². The summed E-state index contributed by atoms with van der Waals surface area (Å²) in [5, 5.41) is 9.39. The molecule has 3 rings (SSSR count). The predicted octanol–water partition coefficient (Wildman–Crippen LogP) is 4.18. The Kier molecular flexibility index (Phi) is 8.40. The van der Waals surface area contributed by atoms with Gasteiger partial charge in [-0.25, -0.2) is 0 Å². The van der Waals surface area contributed by atoms with Gasteiger partial charge in [-0.2, -0.15) is 5.10 Å². The Hall–Kier alpha value is -3.42. The van der Waals surface area contributed by atoms with Crippen LogP contribution in [-0.4, -0.2) is 57.7 Å². The topological polar surface area (TPSA) is 81.6 Å². The molecule has 0 aliphatic carbocycles. The molecule has 1 atom stereocenters. The van der Waals surface area contributed by atoms with Crippen LogP contribution in [0.1, 0.15) is 32.3 Å². The summed E-state index contributed by atoms with van der Waals surface area (Å²) in [5.74, 6) is 2.83. The molecule has 1 amide bonds. The first kappa shape index (κ1) is 24.2. The molecule has 178 valence electrons. The Morgan fingerprint density at radius 1 is 1.06 bits per heavy atom. The van der Waals surface area contributed by atoms with Crippen LogP contribution in [0, 0.1) is 5.92 Å². The Balaban J connectivity index is 1.69. The van der Waals surface area contributed by atoms with E-state index in [-0.39, 0.29) is 11.9 Å². The molecule has 1 aliphatic rings. The van der Waals surface area contributed by atoms with Gasteiger partial charge in [0.15, 0.2) is 23.0 Å². The summed E-state index contributed by atoms with van der Waals surface area (Å²) in [6, 6.07) is 10.6. The van der Waals surface area contributed by atoms with E-state index in [1.165, 1.54) is 0 Å². The first-order chi connectivity index (χ1) is 15.9. The van der Waals surface area contributed by atoms with Crippen molar-refractivity contribution >= 4 is 17.8 Å². The molecule has 1 aliphatic heterocycles. The van der Waals surface area contributed by atoms with Gasteiger partial charge in [-0.1, -0.05) is 13.8 Å². The van der Waals surface area contributed by atoms with Crippen LogP contribution in [-0.2, 0) is 4.79 Å². The number of hydrogen-bond acceptors (Lipinski definition) is 7. The molecule has 0 bridgehead atoms. The number of benzene rings is 2. The maximum absolute atomic E-state index is 12.9. The van der Waals surface area contributed by atoms with E-state index in [9.17, 15) is 4.79 Å². The minimum absolute atomic E-state index is 0.104. The van der Waals surface area contributed by atoms with Gasteiger partial charge in [-0.3, -0.25) is 9.80 Å². The third kappa shape index (κ3) is 6.31. The van der Waals surface area contributed by atoms with Crippen molar-refractivity contribution in [1.82, 2.24) is 5.01 Å². The van der Waals surface area contributed by atoms with Crippen molar-refractivity contribution in [3.05, 3.63) is 42.0 Å². The van der Waals surface area contributed by atoms with Crippen LogP contribution in [0.5, 0.6) is 23.0 Å². The van der Waals surface area contributed by atoms with E-state index in [1.54, 1.807) is 45.7 Å². The highest BCUT2D eigenvalue weighted by Crippen LogP contribution is 2.31. The zero-order valence-corrected chi connectivity index (χ0v) is 20.0. The van der Waals surface area contributed by atoms with E-state index in [2.05, 4.69) is 24.3 Å². The number of ether oxygens (including phenoxy) is 4. The summed E-state index contributed by atoms with van der Waals surface area (Å²) in [6.45, 7) is 5.51. The number of nitrogens with one attached hydrogen (secondary N) is 1. The first-order valence-electron chi connectivity index (χ1n) is 11.1. The predicted molar refractivity (Wildman–Crippen MR) is 129 cm³/mol. The van der Waals surface area contributed by atoms with E-state index in [0.717, 1.165) is 18.4 Å². The molecule has 0 radical (unpaired) electrons. The standard InChI is InChI=1S/C25H33N3O5/c1-17(2)16-33-24-13-18(8-10-22(24)31-4)15-26-28-12-6-7-20(28)25(29)27-19-9-11-21(30-3)23(14-19)32-5/h8-11,13-15,17,20H,6-7,12,16H2,1-5H3,(H,27,29)/b26-15+/t20-/m0/s1. The van der Waals surface area contributed by atoms with E-state index in [1.807, 2.05) is 23.2 Å². The monoisotopic (exact) mass is 455 g/mol. The SMILES string of the molecule is COc1ccc(NC(=O)[C@@H]2CCCN2/N=C/c2ccc(OC)c(OCC(C)C)c2)cc1OC. The fourth-order valence-electron chi connectivity index (χ4n) is 3.58. The van der Waals surface area contributed by atoms with Gasteiger partial charge in [0.25, 0.3) is 0 Å². The van der Waals surface area contributed by atoms with Crippen LogP contribution in [0.3, 0.4) is 0 Å². The smallest absolute Gasteiger partial charge is 0.248 e. The first-order valence-corrected chi connectivity index (χ1v) is 11.1. The highest BCUT2D eigenvalue weighted by molar-refractivity contribution is 5.95. The molecule has 1 saturated heterocycles. The third-order valence-electron chi connectivity index (χ3n) is 5.29. The minimum atomic E-state index is -0.343. The van der Waals surface area contributed by atoms with Crippen LogP contribution in [0.2, 0.25) is 0 Å². The van der Waals surface area contributed by atoms with Crippen molar-refractivity contribution in [2.75, 3.05) is 39.8 Å². The zero-order chi connectivity index (χ0) is 23.8. The molecule has 0 spiro atoms.